The minimum Gasteiger partial charge on any atom is -0.496 e. The number of aliphatic carboxylic acids is 1. The van der Waals surface area contributed by atoms with E-state index in [0.29, 0.717) is 93.1 Å². The van der Waals surface area contributed by atoms with Gasteiger partial charge in [0, 0.05) is 18.5 Å². The van der Waals surface area contributed by atoms with Crippen LogP contribution in [0.3, 0.4) is 0 Å². The molecular formula is C63H59N5O12. The summed E-state index contributed by atoms with van der Waals surface area (Å²) in [5.41, 5.74) is 8.78. The molecule has 8 aromatic rings. The van der Waals surface area contributed by atoms with E-state index in [-0.39, 0.29) is 30.0 Å². The number of carbonyl (C=O) groups excluding carboxylic acids is 2. The standard InChI is InChI=1S/C63H59N5O12/c1-77-55-34-38(39-26-30-52(57(35-39)79-3)66-49-21-11-8-18-46(49)61(71)72)24-25-43(55)33-42-15-5-6-16-44(42)60(70)68-54(63(75)76)23-13-14-32-64-59(69)45-17-7-10-20-48(45)65-51-29-27-40(36-56(51)78-2)41-28-31-53(58(37-41)80-4)67-50-22-12-9-19-47(50)62(73)74/h5-12,15-22,24-31,34-37,54,65-67H,13-14,23,32-33H2,1-4H3,(H,64,69)(H,68,70)(H,71,72)(H,73,74)(H,75,76). The van der Waals surface area contributed by atoms with Crippen LogP contribution in [0, 0.1) is 0 Å². The van der Waals surface area contributed by atoms with Crippen molar-refractivity contribution in [2.45, 2.75) is 31.7 Å². The number of benzene rings is 8. The van der Waals surface area contributed by atoms with Crippen LogP contribution in [-0.4, -0.2) is 86.1 Å². The number of hydrogen-bond acceptors (Lipinski definition) is 12. The van der Waals surface area contributed by atoms with E-state index < -0.39 is 29.9 Å². The molecule has 0 aliphatic carbocycles. The highest BCUT2D eigenvalue weighted by Gasteiger charge is 2.23. The van der Waals surface area contributed by atoms with Crippen LogP contribution in [0.5, 0.6) is 23.0 Å². The average molecular weight is 1080 g/mol. The second-order valence-electron chi connectivity index (χ2n) is 18.3. The summed E-state index contributed by atoms with van der Waals surface area (Å²) in [6.07, 6.45) is 1.25. The van der Waals surface area contributed by atoms with Gasteiger partial charge in [-0.15, -0.1) is 0 Å². The number of ether oxygens (including phenoxy) is 4. The second-order valence-corrected chi connectivity index (χ2v) is 18.3. The van der Waals surface area contributed by atoms with Crippen molar-refractivity contribution in [3.63, 3.8) is 0 Å². The number of carboxylic acid groups (broad SMARTS) is 3. The molecular weight excluding hydrogens is 1020 g/mol. The van der Waals surface area contributed by atoms with E-state index in [9.17, 15) is 39.3 Å². The third-order valence-electron chi connectivity index (χ3n) is 13.3. The van der Waals surface area contributed by atoms with E-state index >= 15 is 0 Å². The average Bonchev–Trinajstić information content (AvgIpc) is 3.51. The summed E-state index contributed by atoms with van der Waals surface area (Å²) in [6.45, 7) is 0.248. The summed E-state index contributed by atoms with van der Waals surface area (Å²) in [7, 11) is 6.17. The first-order valence-corrected chi connectivity index (χ1v) is 25.4. The topological polar surface area (TPSA) is 243 Å². The Hall–Kier alpha value is -10.3. The van der Waals surface area contributed by atoms with Gasteiger partial charge in [0.25, 0.3) is 11.8 Å². The molecule has 0 radical (unpaired) electrons. The first-order valence-electron chi connectivity index (χ1n) is 25.4. The lowest BCUT2D eigenvalue weighted by Crippen LogP contribution is -2.41. The highest BCUT2D eigenvalue weighted by atomic mass is 16.5. The number of unbranched alkanes of at least 4 members (excludes halogenated alkanes) is 1. The molecule has 0 aliphatic rings. The minimum atomic E-state index is -1.19. The van der Waals surface area contributed by atoms with Crippen molar-refractivity contribution >= 4 is 63.8 Å². The summed E-state index contributed by atoms with van der Waals surface area (Å²) in [5.74, 6) is -2.11. The number of methoxy groups -OCH3 is 4. The fourth-order valence-electron chi connectivity index (χ4n) is 9.14. The van der Waals surface area contributed by atoms with Gasteiger partial charge in [-0.3, -0.25) is 9.59 Å². The van der Waals surface area contributed by atoms with Gasteiger partial charge in [0.15, 0.2) is 0 Å². The summed E-state index contributed by atoms with van der Waals surface area (Å²) >= 11 is 0. The number of nitrogens with one attached hydrogen (secondary N) is 5. The van der Waals surface area contributed by atoms with Gasteiger partial charge in [-0.2, -0.15) is 0 Å². The molecule has 2 amide bonds. The number of aromatic carboxylic acids is 2. The molecule has 8 N–H and O–H groups in total. The number of rotatable bonds is 25. The monoisotopic (exact) mass is 1080 g/mol. The van der Waals surface area contributed by atoms with Crippen LogP contribution in [0.25, 0.3) is 22.3 Å². The summed E-state index contributed by atoms with van der Waals surface area (Å²) < 4.78 is 23.0. The Morgan fingerprint density at radius 2 is 0.812 bits per heavy atom. The lowest BCUT2D eigenvalue weighted by Gasteiger charge is -2.18. The zero-order valence-corrected chi connectivity index (χ0v) is 44.3. The Kier molecular flexibility index (Phi) is 18.3. The van der Waals surface area contributed by atoms with Crippen molar-refractivity contribution in [1.29, 1.82) is 0 Å². The Balaban J connectivity index is 0.855. The molecule has 17 heteroatoms. The molecule has 0 aromatic heterocycles. The van der Waals surface area contributed by atoms with Gasteiger partial charge in [-0.25, -0.2) is 14.4 Å². The maximum absolute atomic E-state index is 13.8. The van der Waals surface area contributed by atoms with Gasteiger partial charge in [-0.05, 0) is 138 Å². The zero-order chi connectivity index (χ0) is 56.7. The van der Waals surface area contributed by atoms with Gasteiger partial charge in [-0.1, -0.05) is 84.9 Å². The van der Waals surface area contributed by atoms with E-state index in [0.717, 1.165) is 27.8 Å². The third-order valence-corrected chi connectivity index (χ3v) is 13.3. The van der Waals surface area contributed by atoms with Crippen molar-refractivity contribution in [1.82, 2.24) is 10.6 Å². The first-order chi connectivity index (χ1) is 38.8. The molecule has 0 fully saturated rings. The number of carboxylic acids is 3. The van der Waals surface area contributed by atoms with Crippen LogP contribution in [-0.2, 0) is 11.2 Å². The van der Waals surface area contributed by atoms with Crippen molar-refractivity contribution < 1.29 is 58.2 Å². The Morgan fingerprint density at radius 1 is 0.412 bits per heavy atom. The Bertz CT molecular complexity index is 3580. The second kappa shape index (κ2) is 26.2. The molecule has 80 heavy (non-hydrogen) atoms. The fourth-order valence-corrected chi connectivity index (χ4v) is 9.14. The van der Waals surface area contributed by atoms with E-state index in [2.05, 4.69) is 26.6 Å². The molecule has 8 aromatic carbocycles. The van der Waals surface area contributed by atoms with Crippen LogP contribution in [0.2, 0.25) is 0 Å². The van der Waals surface area contributed by atoms with Gasteiger partial charge in [0.1, 0.15) is 29.0 Å². The molecule has 0 aliphatic heterocycles. The predicted molar refractivity (Wildman–Crippen MR) is 307 cm³/mol. The number of hydrogen-bond donors (Lipinski definition) is 8. The first kappa shape index (κ1) is 55.9. The fraction of sp³-hybridized carbons (Fsp3) is 0.159. The zero-order valence-electron chi connectivity index (χ0n) is 44.3. The van der Waals surface area contributed by atoms with E-state index in [1.54, 1.807) is 87.0 Å². The van der Waals surface area contributed by atoms with Crippen molar-refractivity contribution in [2.75, 3.05) is 50.9 Å². The quantitative estimate of drug-likeness (QED) is 0.0248. The molecule has 8 rings (SSSR count). The molecule has 1 atom stereocenters. The molecule has 0 saturated carbocycles. The van der Waals surface area contributed by atoms with E-state index in [4.69, 9.17) is 18.9 Å². The van der Waals surface area contributed by atoms with Gasteiger partial charge < -0.3 is 60.9 Å². The van der Waals surface area contributed by atoms with Crippen LogP contribution in [0.15, 0.2) is 170 Å². The van der Waals surface area contributed by atoms with Crippen molar-refractivity contribution in [2.24, 2.45) is 0 Å². The third kappa shape index (κ3) is 13.4. The SMILES string of the molecule is COc1cc(-c2ccc(Nc3ccccc3C(=O)O)c(OC)c2)ccc1Cc1ccccc1C(=O)NC(CCCCNC(=O)c1ccccc1Nc1ccc(-c2ccc(Nc3ccccc3C(=O)O)c(OC)c2)cc1OC)C(=O)O. The van der Waals surface area contributed by atoms with Gasteiger partial charge in [0.2, 0.25) is 0 Å². The Morgan fingerprint density at radius 3 is 1.26 bits per heavy atom. The van der Waals surface area contributed by atoms with Crippen molar-refractivity contribution in [3.05, 3.63) is 203 Å². The smallest absolute Gasteiger partial charge is 0.337 e. The van der Waals surface area contributed by atoms with Crippen LogP contribution in [0.1, 0.15) is 71.8 Å². The van der Waals surface area contributed by atoms with Crippen molar-refractivity contribution in [3.8, 4) is 45.3 Å². The highest BCUT2D eigenvalue weighted by Crippen LogP contribution is 2.39. The Labute approximate surface area is 462 Å². The number of amides is 2. The molecule has 0 bridgehead atoms. The largest absolute Gasteiger partial charge is 0.496 e. The lowest BCUT2D eigenvalue weighted by atomic mass is 9.96. The van der Waals surface area contributed by atoms with Gasteiger partial charge in [0.05, 0.1) is 79.3 Å². The van der Waals surface area contributed by atoms with E-state index in [1.807, 2.05) is 84.9 Å². The normalized spacial score (nSPS) is 11.1. The molecule has 408 valence electrons. The van der Waals surface area contributed by atoms with E-state index in [1.165, 1.54) is 26.4 Å². The number of para-hydroxylation sites is 3. The molecule has 0 spiro atoms. The highest BCUT2D eigenvalue weighted by molar-refractivity contribution is 6.01. The number of carbonyl (C=O) groups is 5. The lowest BCUT2D eigenvalue weighted by molar-refractivity contribution is -0.139. The predicted octanol–water partition coefficient (Wildman–Crippen LogP) is 12.1. The van der Waals surface area contributed by atoms with Gasteiger partial charge >= 0.3 is 17.9 Å². The molecule has 0 heterocycles. The maximum Gasteiger partial charge on any atom is 0.337 e. The van der Waals surface area contributed by atoms with Crippen LogP contribution < -0.4 is 45.5 Å². The summed E-state index contributed by atoms with van der Waals surface area (Å²) in [5, 5.41) is 44.8. The van der Waals surface area contributed by atoms with Crippen LogP contribution >= 0.6 is 0 Å². The molecule has 17 nitrogen and oxygen atoms in total. The maximum atomic E-state index is 13.8. The number of anilines is 6. The summed E-state index contributed by atoms with van der Waals surface area (Å²) in [6, 6.07) is 48.4. The molecule has 1 unspecified atom stereocenters. The molecule has 0 saturated heterocycles. The minimum absolute atomic E-state index is 0.120. The summed E-state index contributed by atoms with van der Waals surface area (Å²) in [4.78, 5) is 63.5. The van der Waals surface area contributed by atoms with Crippen LogP contribution in [0.4, 0.5) is 34.1 Å².